The number of halogens is 4. The number of alkyl halides is 3. The number of carbonyl (C=O) groups excluding carboxylic acids is 2. The standard InChI is InChI=1S/C12H10ClF3N2O2/c1-6-11(20)17-5-10(19)18(6)9-4-7(12(14,15)16)2-3-8(9)13/h2-4,6H,5H2,1H3,(H,17,20). The molecular weight excluding hydrogens is 297 g/mol. The first kappa shape index (κ1) is 14.6. The summed E-state index contributed by atoms with van der Waals surface area (Å²) in [4.78, 5) is 24.4. The minimum atomic E-state index is -4.55. The van der Waals surface area contributed by atoms with Gasteiger partial charge in [0.2, 0.25) is 11.8 Å². The molecule has 1 unspecified atom stereocenters. The van der Waals surface area contributed by atoms with Crippen molar-refractivity contribution in [3.63, 3.8) is 0 Å². The Morgan fingerprint density at radius 2 is 2.00 bits per heavy atom. The van der Waals surface area contributed by atoms with E-state index >= 15 is 0 Å². The van der Waals surface area contributed by atoms with Crippen LogP contribution in [0.25, 0.3) is 0 Å². The van der Waals surface area contributed by atoms with Crippen molar-refractivity contribution in [2.45, 2.75) is 19.1 Å². The van der Waals surface area contributed by atoms with Gasteiger partial charge in [0, 0.05) is 0 Å². The van der Waals surface area contributed by atoms with Gasteiger partial charge in [0.15, 0.2) is 0 Å². The maximum atomic E-state index is 12.7. The van der Waals surface area contributed by atoms with E-state index in [1.54, 1.807) is 0 Å². The molecule has 108 valence electrons. The number of benzene rings is 1. The van der Waals surface area contributed by atoms with Crippen LogP contribution in [-0.2, 0) is 15.8 Å². The van der Waals surface area contributed by atoms with Gasteiger partial charge in [-0.25, -0.2) is 0 Å². The quantitative estimate of drug-likeness (QED) is 0.865. The maximum absolute atomic E-state index is 12.7. The van der Waals surface area contributed by atoms with Gasteiger partial charge in [-0.05, 0) is 25.1 Å². The molecule has 0 radical (unpaired) electrons. The maximum Gasteiger partial charge on any atom is 0.416 e. The zero-order valence-corrected chi connectivity index (χ0v) is 11.0. The molecule has 20 heavy (non-hydrogen) atoms. The van der Waals surface area contributed by atoms with Crippen molar-refractivity contribution in [1.82, 2.24) is 5.32 Å². The summed E-state index contributed by atoms with van der Waals surface area (Å²) in [6.07, 6.45) is -4.55. The van der Waals surface area contributed by atoms with Crippen LogP contribution >= 0.6 is 11.6 Å². The van der Waals surface area contributed by atoms with Crippen LogP contribution in [0.15, 0.2) is 18.2 Å². The molecule has 2 rings (SSSR count). The van der Waals surface area contributed by atoms with E-state index < -0.39 is 29.6 Å². The molecule has 1 aromatic carbocycles. The zero-order valence-electron chi connectivity index (χ0n) is 10.3. The van der Waals surface area contributed by atoms with Crippen molar-refractivity contribution in [1.29, 1.82) is 0 Å². The molecule has 0 aromatic heterocycles. The van der Waals surface area contributed by atoms with Crippen LogP contribution in [0.1, 0.15) is 12.5 Å². The number of nitrogens with zero attached hydrogens (tertiary/aromatic N) is 1. The molecule has 0 aliphatic carbocycles. The van der Waals surface area contributed by atoms with Crippen LogP contribution in [0.3, 0.4) is 0 Å². The van der Waals surface area contributed by atoms with E-state index in [4.69, 9.17) is 11.6 Å². The van der Waals surface area contributed by atoms with Crippen LogP contribution in [0.2, 0.25) is 5.02 Å². The molecule has 1 atom stereocenters. The van der Waals surface area contributed by atoms with Crippen molar-refractivity contribution in [3.05, 3.63) is 28.8 Å². The molecule has 2 amide bonds. The highest BCUT2D eigenvalue weighted by atomic mass is 35.5. The number of hydrogen-bond donors (Lipinski definition) is 1. The van der Waals surface area contributed by atoms with Crippen molar-refractivity contribution >= 4 is 29.1 Å². The Labute approximate surface area is 117 Å². The topological polar surface area (TPSA) is 49.4 Å². The summed E-state index contributed by atoms with van der Waals surface area (Å²) < 4.78 is 38.1. The lowest BCUT2D eigenvalue weighted by atomic mass is 10.1. The Kier molecular flexibility index (Phi) is 3.64. The Hall–Kier alpha value is -1.76. The summed E-state index contributed by atoms with van der Waals surface area (Å²) in [5.41, 5.74) is -1.04. The Bertz CT molecular complexity index is 574. The third-order valence-electron chi connectivity index (χ3n) is 2.98. The van der Waals surface area contributed by atoms with E-state index in [-0.39, 0.29) is 17.3 Å². The lowest BCUT2D eigenvalue weighted by molar-refractivity contribution is -0.137. The number of nitrogens with one attached hydrogen (secondary N) is 1. The lowest BCUT2D eigenvalue weighted by Crippen LogP contribution is -2.57. The Morgan fingerprint density at radius 3 is 2.60 bits per heavy atom. The van der Waals surface area contributed by atoms with Gasteiger partial charge in [0.05, 0.1) is 22.8 Å². The molecular formula is C12H10ClF3N2O2. The van der Waals surface area contributed by atoms with Gasteiger partial charge in [0.25, 0.3) is 0 Å². The molecule has 1 saturated heterocycles. The third kappa shape index (κ3) is 2.58. The van der Waals surface area contributed by atoms with E-state index in [9.17, 15) is 22.8 Å². The van der Waals surface area contributed by atoms with Crippen molar-refractivity contribution < 1.29 is 22.8 Å². The van der Waals surface area contributed by atoms with Gasteiger partial charge in [-0.2, -0.15) is 13.2 Å². The Balaban J connectivity index is 2.50. The minimum absolute atomic E-state index is 0.0205. The van der Waals surface area contributed by atoms with E-state index in [1.165, 1.54) is 6.92 Å². The highest BCUT2D eigenvalue weighted by Gasteiger charge is 2.36. The van der Waals surface area contributed by atoms with Crippen LogP contribution < -0.4 is 10.2 Å². The molecule has 1 aliphatic rings. The van der Waals surface area contributed by atoms with E-state index in [2.05, 4.69) is 5.32 Å². The molecule has 1 N–H and O–H groups in total. The summed E-state index contributed by atoms with van der Waals surface area (Å²) in [5.74, 6) is -0.962. The summed E-state index contributed by atoms with van der Waals surface area (Å²) in [6.45, 7) is 1.15. The third-order valence-corrected chi connectivity index (χ3v) is 3.30. The fourth-order valence-corrected chi connectivity index (χ4v) is 2.15. The smallest absolute Gasteiger partial charge is 0.345 e. The van der Waals surface area contributed by atoms with Crippen molar-refractivity contribution in [2.75, 3.05) is 11.4 Å². The molecule has 0 saturated carbocycles. The SMILES string of the molecule is CC1C(=O)NCC(=O)N1c1cc(C(F)(F)F)ccc1Cl. The second kappa shape index (κ2) is 4.97. The predicted molar refractivity (Wildman–Crippen MR) is 66.4 cm³/mol. The fourth-order valence-electron chi connectivity index (χ4n) is 1.95. The second-order valence-electron chi connectivity index (χ2n) is 4.32. The monoisotopic (exact) mass is 306 g/mol. The number of rotatable bonds is 1. The molecule has 1 fully saturated rings. The first-order valence-electron chi connectivity index (χ1n) is 5.68. The number of piperazine rings is 1. The molecule has 1 aliphatic heterocycles. The van der Waals surface area contributed by atoms with Gasteiger partial charge in [-0.1, -0.05) is 11.6 Å². The molecule has 0 bridgehead atoms. The molecule has 1 aromatic rings. The Morgan fingerprint density at radius 1 is 1.35 bits per heavy atom. The van der Waals surface area contributed by atoms with E-state index in [1.807, 2.05) is 0 Å². The summed E-state index contributed by atoms with van der Waals surface area (Å²) in [6, 6.07) is 1.74. The normalized spacial score (nSPS) is 20.1. The van der Waals surface area contributed by atoms with E-state index in [0.717, 1.165) is 23.1 Å². The summed E-state index contributed by atoms with van der Waals surface area (Å²) >= 11 is 5.87. The first-order chi connectivity index (χ1) is 9.21. The predicted octanol–water partition coefficient (Wildman–Crippen LogP) is 2.21. The van der Waals surface area contributed by atoms with Crippen molar-refractivity contribution in [3.8, 4) is 0 Å². The zero-order chi connectivity index (χ0) is 15.1. The summed E-state index contributed by atoms with van der Waals surface area (Å²) in [5, 5.41) is 2.33. The van der Waals surface area contributed by atoms with Gasteiger partial charge >= 0.3 is 6.18 Å². The van der Waals surface area contributed by atoms with Crippen molar-refractivity contribution in [2.24, 2.45) is 0 Å². The summed E-state index contributed by atoms with van der Waals surface area (Å²) in [7, 11) is 0. The number of carbonyl (C=O) groups is 2. The number of hydrogen-bond acceptors (Lipinski definition) is 2. The van der Waals surface area contributed by atoms with Gasteiger partial charge < -0.3 is 5.32 Å². The van der Waals surface area contributed by atoms with Crippen LogP contribution in [0.4, 0.5) is 18.9 Å². The fraction of sp³-hybridized carbons (Fsp3) is 0.333. The van der Waals surface area contributed by atoms with Crippen LogP contribution in [-0.4, -0.2) is 24.4 Å². The molecule has 0 spiro atoms. The van der Waals surface area contributed by atoms with Gasteiger partial charge in [-0.3, -0.25) is 14.5 Å². The highest BCUT2D eigenvalue weighted by molar-refractivity contribution is 6.34. The average Bonchev–Trinajstić information content (AvgIpc) is 2.35. The number of amides is 2. The van der Waals surface area contributed by atoms with E-state index in [0.29, 0.717) is 0 Å². The number of anilines is 1. The lowest BCUT2D eigenvalue weighted by Gasteiger charge is -2.33. The van der Waals surface area contributed by atoms with Crippen LogP contribution in [0.5, 0.6) is 0 Å². The molecule has 1 heterocycles. The molecule has 4 nitrogen and oxygen atoms in total. The highest BCUT2D eigenvalue weighted by Crippen LogP contribution is 2.36. The largest absolute Gasteiger partial charge is 0.416 e. The van der Waals surface area contributed by atoms with Crippen LogP contribution in [0, 0.1) is 0 Å². The van der Waals surface area contributed by atoms with Gasteiger partial charge in [-0.15, -0.1) is 0 Å². The molecule has 8 heteroatoms. The minimum Gasteiger partial charge on any atom is -0.345 e. The second-order valence-corrected chi connectivity index (χ2v) is 4.73. The van der Waals surface area contributed by atoms with Gasteiger partial charge in [0.1, 0.15) is 6.04 Å². The first-order valence-corrected chi connectivity index (χ1v) is 6.06. The average molecular weight is 307 g/mol.